The quantitative estimate of drug-likeness (QED) is 0.0146. The predicted octanol–water partition coefficient (Wildman–Crippen LogP) is 20.8. The molecule has 0 aromatic heterocycles. The molecule has 0 aliphatic carbocycles. The van der Waals surface area contributed by atoms with Gasteiger partial charge in [0.1, 0.15) is 25.4 Å². The van der Waals surface area contributed by atoms with Crippen LogP contribution in [0, 0.1) is 0 Å². The molecule has 4 N–H and O–H groups in total. The Morgan fingerprint density at radius 3 is 0.895 bits per heavy atom. The molecule has 95 heavy (non-hydrogen) atoms. The average molecular weight is 1370 g/mol. The Morgan fingerprint density at radius 1 is 0.305 bits per heavy atom. The summed E-state index contributed by atoms with van der Waals surface area (Å²) in [4.78, 5) is 58.4. The van der Waals surface area contributed by atoms with E-state index in [4.69, 9.17) is 32.3 Å². The number of unbranched alkanes of at least 4 members (excludes halogenated alkanes) is 23. The second-order valence-electron chi connectivity index (χ2n) is 24.0. The minimum Gasteiger partial charge on any atom is -0.463 e. The van der Waals surface area contributed by atoms with E-state index in [-0.39, 0.29) is 19.3 Å². The monoisotopic (exact) mass is 1370 g/mol. The van der Waals surface area contributed by atoms with Crippen molar-refractivity contribution in [1.82, 2.24) is 0 Å². The Morgan fingerprint density at radius 2 is 0.558 bits per heavy atom. The maximum Gasteiger partial charge on any atom is 0.472 e. The number of aliphatic hydroxyl groups is 2. The van der Waals surface area contributed by atoms with Crippen LogP contribution in [0.4, 0.5) is 0 Å². The number of phosphoric acid groups is 2. The summed E-state index contributed by atoms with van der Waals surface area (Å²) >= 11 is 0. The first-order chi connectivity index (χ1) is 46.2. The Hall–Kier alpha value is -4.31. The lowest BCUT2D eigenvalue weighted by Crippen LogP contribution is -2.30. The third-order valence-corrected chi connectivity index (χ3v) is 16.7. The maximum atomic E-state index is 12.9. The number of ether oxygens (including phenoxy) is 3. The number of phosphoric ester groups is 2. The first-order valence-electron chi connectivity index (χ1n) is 36.5. The lowest BCUT2D eigenvalue weighted by Gasteiger charge is -2.21. The Balaban J connectivity index is 4.51. The average Bonchev–Trinajstić information content (AvgIpc) is 3.76. The number of carbonyl (C=O) groups is 3. The van der Waals surface area contributed by atoms with Crippen molar-refractivity contribution in [1.29, 1.82) is 0 Å². The van der Waals surface area contributed by atoms with Gasteiger partial charge in [-0.05, 0) is 135 Å². The Bertz CT molecular complexity index is 2260. The van der Waals surface area contributed by atoms with Gasteiger partial charge in [0.2, 0.25) is 0 Å². The summed E-state index contributed by atoms with van der Waals surface area (Å²) in [6.45, 7) is 2.38. The van der Waals surface area contributed by atoms with Crippen LogP contribution < -0.4 is 0 Å². The van der Waals surface area contributed by atoms with Crippen LogP contribution in [0.5, 0.6) is 0 Å². The number of rotatable bonds is 68. The molecule has 5 atom stereocenters. The molecule has 0 fully saturated rings. The lowest BCUT2D eigenvalue weighted by molar-refractivity contribution is -0.161. The van der Waals surface area contributed by atoms with Gasteiger partial charge < -0.3 is 34.2 Å². The second-order valence-corrected chi connectivity index (χ2v) is 26.9. The molecule has 0 radical (unpaired) electrons. The van der Waals surface area contributed by atoms with Crippen LogP contribution in [0.3, 0.4) is 0 Å². The summed E-state index contributed by atoms with van der Waals surface area (Å²) in [6, 6.07) is 0. The summed E-state index contributed by atoms with van der Waals surface area (Å²) in [5.74, 6) is -1.62. The molecule has 0 rings (SSSR count). The number of aliphatic hydroxyl groups excluding tert-OH is 2. The molecular weight excluding hydrogens is 1240 g/mol. The highest BCUT2D eigenvalue weighted by Crippen LogP contribution is 2.45. The standard InChI is InChI=1S/C77H130O16P2/c1-4-7-10-13-16-19-22-25-27-29-30-31-32-33-34-35-36-37-38-39-40-42-44-46-48-51-54-57-60-63-75(80)87-66-72(78)67-89-94(83,84)90-68-73(79)69-91-95(85,86)92-71-74(93-77(82)65-62-59-56-53-50-45-24-21-18-15-12-9-6-3)70-88-76(81)64-61-58-55-52-49-47-43-41-28-26-23-20-17-14-11-8-5-2/h7-8,10-11,16-17,19-21,24-28,30-31,33-34,36-37,43,47,72-74,78-79H,4-6,9,12-15,18,22-23,29,32,35,38-42,44-46,48-71H2,1-3H3,(H,83,84)(H,85,86)/b10-7-,11-8-,19-16-,20-17-,24-21-,27-25-,28-26-,31-30-,34-33-,37-36-,47-43-. The van der Waals surface area contributed by atoms with Gasteiger partial charge in [-0.1, -0.05) is 257 Å². The zero-order chi connectivity index (χ0) is 69.5. The molecule has 0 saturated heterocycles. The first kappa shape index (κ1) is 90.7. The van der Waals surface area contributed by atoms with Crippen molar-refractivity contribution in [2.45, 2.75) is 296 Å². The zero-order valence-electron chi connectivity index (χ0n) is 59.0. The summed E-state index contributed by atoms with van der Waals surface area (Å²) in [5, 5.41) is 20.6. The number of hydrogen-bond acceptors (Lipinski definition) is 14. The fraction of sp³-hybridized carbons (Fsp3) is 0.675. The molecule has 0 aromatic carbocycles. The number of allylic oxidation sites excluding steroid dienone is 22. The van der Waals surface area contributed by atoms with E-state index in [1.54, 1.807) is 0 Å². The maximum absolute atomic E-state index is 12.9. The van der Waals surface area contributed by atoms with E-state index in [1.807, 2.05) is 0 Å². The SMILES string of the molecule is CC/C=C\C/C=C\C/C=C\C/C=C\C/C=C\C/C=C\CCCCCCCCCCCCC(=O)OCC(O)COP(=O)(O)OCC(O)COP(=O)(O)OCC(COC(=O)CCCCCC/C=C\C/C=C\C/C=C\C/C=C\CC)OC(=O)CCCCCCC/C=C\CCCCCC. The third kappa shape index (κ3) is 70.8. The molecule has 544 valence electrons. The molecule has 5 unspecified atom stereocenters. The Kier molecular flexibility index (Phi) is 66.4. The van der Waals surface area contributed by atoms with Crippen molar-refractivity contribution < 1.29 is 75.8 Å². The Labute approximate surface area is 575 Å². The summed E-state index contributed by atoms with van der Waals surface area (Å²) in [5.41, 5.74) is 0. The highest BCUT2D eigenvalue weighted by Gasteiger charge is 2.29. The van der Waals surface area contributed by atoms with Crippen LogP contribution in [0.25, 0.3) is 0 Å². The fourth-order valence-corrected chi connectivity index (χ4v) is 10.9. The van der Waals surface area contributed by atoms with Gasteiger partial charge >= 0.3 is 33.6 Å². The van der Waals surface area contributed by atoms with Crippen LogP contribution in [-0.2, 0) is 55.8 Å². The molecule has 0 aliphatic rings. The van der Waals surface area contributed by atoms with Crippen LogP contribution in [0.15, 0.2) is 134 Å². The van der Waals surface area contributed by atoms with E-state index in [0.717, 1.165) is 161 Å². The van der Waals surface area contributed by atoms with Crippen LogP contribution in [0.1, 0.15) is 278 Å². The van der Waals surface area contributed by atoms with Crippen LogP contribution in [-0.4, -0.2) is 95.9 Å². The molecule has 18 heteroatoms. The van der Waals surface area contributed by atoms with Gasteiger partial charge in [0.15, 0.2) is 6.10 Å². The van der Waals surface area contributed by atoms with Gasteiger partial charge in [-0.3, -0.25) is 32.5 Å². The van der Waals surface area contributed by atoms with E-state index in [9.17, 15) is 43.5 Å². The van der Waals surface area contributed by atoms with E-state index in [0.29, 0.717) is 19.3 Å². The normalized spacial score (nSPS) is 14.9. The molecule has 0 heterocycles. The smallest absolute Gasteiger partial charge is 0.463 e. The molecule has 0 aliphatic heterocycles. The largest absolute Gasteiger partial charge is 0.472 e. The molecular formula is C77H130O16P2. The number of carbonyl (C=O) groups excluding carboxylic acids is 3. The van der Waals surface area contributed by atoms with E-state index in [2.05, 4.69) is 154 Å². The molecule has 16 nitrogen and oxygen atoms in total. The van der Waals surface area contributed by atoms with Crippen molar-refractivity contribution in [3.05, 3.63) is 134 Å². The molecule has 0 spiro atoms. The molecule has 0 aromatic rings. The van der Waals surface area contributed by atoms with Gasteiger partial charge in [0.25, 0.3) is 0 Å². The fourth-order valence-electron chi connectivity index (χ4n) is 9.32. The number of esters is 3. The van der Waals surface area contributed by atoms with E-state index in [1.165, 1.54) is 57.8 Å². The van der Waals surface area contributed by atoms with Crippen molar-refractivity contribution in [2.24, 2.45) is 0 Å². The zero-order valence-corrected chi connectivity index (χ0v) is 60.8. The van der Waals surface area contributed by atoms with Crippen molar-refractivity contribution in [3.63, 3.8) is 0 Å². The first-order valence-corrected chi connectivity index (χ1v) is 39.5. The van der Waals surface area contributed by atoms with Gasteiger partial charge in [-0.25, -0.2) is 9.13 Å². The van der Waals surface area contributed by atoms with Crippen molar-refractivity contribution in [3.8, 4) is 0 Å². The van der Waals surface area contributed by atoms with Gasteiger partial charge in [0, 0.05) is 19.3 Å². The van der Waals surface area contributed by atoms with E-state index >= 15 is 0 Å². The summed E-state index contributed by atoms with van der Waals surface area (Å²) in [7, 11) is -9.79. The van der Waals surface area contributed by atoms with Crippen molar-refractivity contribution >= 4 is 33.6 Å². The van der Waals surface area contributed by atoms with Crippen LogP contribution >= 0.6 is 15.6 Å². The number of hydrogen-bond donors (Lipinski definition) is 4. The minimum absolute atomic E-state index is 0.0865. The summed E-state index contributed by atoms with van der Waals surface area (Å²) < 4.78 is 60.9. The van der Waals surface area contributed by atoms with Gasteiger partial charge in [-0.2, -0.15) is 0 Å². The minimum atomic E-state index is -4.93. The van der Waals surface area contributed by atoms with Gasteiger partial charge in [0.05, 0.1) is 26.4 Å². The van der Waals surface area contributed by atoms with Crippen molar-refractivity contribution in [2.75, 3.05) is 39.6 Å². The topological polar surface area (TPSA) is 231 Å². The lowest BCUT2D eigenvalue weighted by atomic mass is 10.1. The molecule has 0 bridgehead atoms. The highest BCUT2D eigenvalue weighted by molar-refractivity contribution is 7.47. The predicted molar refractivity (Wildman–Crippen MR) is 390 cm³/mol. The van der Waals surface area contributed by atoms with Crippen LogP contribution in [0.2, 0.25) is 0 Å². The highest BCUT2D eigenvalue weighted by atomic mass is 31.2. The molecule has 0 amide bonds. The van der Waals surface area contributed by atoms with E-state index < -0.39 is 91.5 Å². The molecule has 0 saturated carbocycles. The van der Waals surface area contributed by atoms with Gasteiger partial charge in [-0.15, -0.1) is 0 Å². The summed E-state index contributed by atoms with van der Waals surface area (Å²) in [6.07, 6.45) is 82.2. The third-order valence-electron chi connectivity index (χ3n) is 14.8. The second kappa shape index (κ2) is 69.6.